The van der Waals surface area contributed by atoms with Crippen LogP contribution in [0.5, 0.6) is 0 Å². The molecule has 4 rings (SSSR count). The van der Waals surface area contributed by atoms with E-state index in [-0.39, 0.29) is 28.9 Å². The zero-order valence-electron chi connectivity index (χ0n) is 18.0. The van der Waals surface area contributed by atoms with Gasteiger partial charge in [0, 0.05) is 38.3 Å². The van der Waals surface area contributed by atoms with Gasteiger partial charge in [0.1, 0.15) is 5.56 Å². The second-order valence-electron chi connectivity index (χ2n) is 8.35. The van der Waals surface area contributed by atoms with E-state index in [1.54, 1.807) is 27.8 Å². The third kappa shape index (κ3) is 4.88. The Morgan fingerprint density at radius 3 is 2.45 bits per heavy atom. The first-order valence-electron chi connectivity index (χ1n) is 10.9. The van der Waals surface area contributed by atoms with Crippen molar-refractivity contribution in [3.63, 3.8) is 0 Å². The Morgan fingerprint density at radius 1 is 1.00 bits per heavy atom. The fourth-order valence-electron chi connectivity index (χ4n) is 4.37. The Bertz CT molecular complexity index is 1000. The molecule has 164 valence electrons. The molecule has 2 aliphatic heterocycles. The van der Waals surface area contributed by atoms with Crippen molar-refractivity contribution in [2.45, 2.75) is 26.3 Å². The number of morpholine rings is 1. The number of carbonyl (C=O) groups is 2. The van der Waals surface area contributed by atoms with Crippen LogP contribution in [0.25, 0.3) is 0 Å². The number of aryl methyl sites for hydroxylation is 1. The van der Waals surface area contributed by atoms with Gasteiger partial charge in [0.25, 0.3) is 11.5 Å². The molecule has 0 saturated carbocycles. The lowest BCUT2D eigenvalue weighted by Crippen LogP contribution is -2.48. The third-order valence-electron chi connectivity index (χ3n) is 6.14. The van der Waals surface area contributed by atoms with Gasteiger partial charge in [-0.1, -0.05) is 29.8 Å². The summed E-state index contributed by atoms with van der Waals surface area (Å²) in [6.07, 6.45) is 2.98. The van der Waals surface area contributed by atoms with Crippen molar-refractivity contribution >= 4 is 11.8 Å². The molecule has 0 spiro atoms. The van der Waals surface area contributed by atoms with E-state index in [0.29, 0.717) is 58.8 Å². The molecule has 0 atom stereocenters. The Morgan fingerprint density at radius 2 is 1.74 bits per heavy atom. The summed E-state index contributed by atoms with van der Waals surface area (Å²) in [7, 11) is 0. The van der Waals surface area contributed by atoms with Crippen molar-refractivity contribution in [1.82, 2.24) is 14.4 Å². The molecule has 7 heteroatoms. The van der Waals surface area contributed by atoms with Gasteiger partial charge in [0.05, 0.1) is 19.8 Å². The van der Waals surface area contributed by atoms with Gasteiger partial charge < -0.3 is 19.1 Å². The van der Waals surface area contributed by atoms with E-state index >= 15 is 0 Å². The van der Waals surface area contributed by atoms with E-state index in [2.05, 4.69) is 0 Å². The maximum Gasteiger partial charge on any atom is 0.263 e. The Hall–Kier alpha value is -2.93. The number of benzene rings is 1. The normalized spacial score (nSPS) is 17.6. The number of piperidine rings is 1. The SMILES string of the molecule is Cc1cccc(Cn2cccc(C(=O)N3CCC(C(=O)N4CCOCC4)CC3)c2=O)c1. The summed E-state index contributed by atoms with van der Waals surface area (Å²) >= 11 is 0. The van der Waals surface area contributed by atoms with Crippen LogP contribution in [0.3, 0.4) is 0 Å². The molecule has 0 unspecified atom stereocenters. The third-order valence-corrected chi connectivity index (χ3v) is 6.14. The molecule has 0 aliphatic carbocycles. The number of rotatable bonds is 4. The number of amides is 2. The molecule has 2 amide bonds. The highest BCUT2D eigenvalue weighted by atomic mass is 16.5. The van der Waals surface area contributed by atoms with Gasteiger partial charge in [-0.2, -0.15) is 0 Å². The zero-order chi connectivity index (χ0) is 21.8. The van der Waals surface area contributed by atoms with Crippen molar-refractivity contribution in [2.24, 2.45) is 5.92 Å². The first-order valence-corrected chi connectivity index (χ1v) is 10.9. The summed E-state index contributed by atoms with van der Waals surface area (Å²) in [5.41, 5.74) is 2.06. The second kappa shape index (κ2) is 9.47. The molecule has 2 fully saturated rings. The van der Waals surface area contributed by atoms with Gasteiger partial charge >= 0.3 is 0 Å². The molecule has 0 N–H and O–H groups in total. The van der Waals surface area contributed by atoms with Crippen molar-refractivity contribution in [3.05, 3.63) is 69.6 Å². The fourth-order valence-corrected chi connectivity index (χ4v) is 4.37. The van der Waals surface area contributed by atoms with Gasteiger partial charge in [-0.3, -0.25) is 14.4 Å². The number of nitrogens with zero attached hydrogens (tertiary/aromatic N) is 3. The molecule has 1 aromatic heterocycles. The van der Waals surface area contributed by atoms with E-state index < -0.39 is 0 Å². The number of likely N-dealkylation sites (tertiary alicyclic amines) is 1. The topological polar surface area (TPSA) is 71.8 Å². The number of carbonyl (C=O) groups excluding carboxylic acids is 2. The highest BCUT2D eigenvalue weighted by molar-refractivity contribution is 5.94. The number of aromatic nitrogens is 1. The summed E-state index contributed by atoms with van der Waals surface area (Å²) in [5, 5.41) is 0. The minimum atomic E-state index is -0.277. The fraction of sp³-hybridized carbons (Fsp3) is 0.458. The van der Waals surface area contributed by atoms with Crippen LogP contribution in [0.1, 0.15) is 34.3 Å². The molecule has 0 radical (unpaired) electrons. The monoisotopic (exact) mass is 423 g/mol. The minimum absolute atomic E-state index is 0.0594. The first-order chi connectivity index (χ1) is 15.0. The van der Waals surface area contributed by atoms with Gasteiger partial charge in [-0.05, 0) is 37.5 Å². The summed E-state index contributed by atoms with van der Waals surface area (Å²) in [6.45, 7) is 5.89. The van der Waals surface area contributed by atoms with Gasteiger partial charge in [-0.25, -0.2) is 0 Å². The van der Waals surface area contributed by atoms with Crippen LogP contribution < -0.4 is 5.56 Å². The van der Waals surface area contributed by atoms with Gasteiger partial charge in [-0.15, -0.1) is 0 Å². The molecular weight excluding hydrogens is 394 g/mol. The average molecular weight is 424 g/mol. The number of hydrogen-bond donors (Lipinski definition) is 0. The Balaban J connectivity index is 1.41. The van der Waals surface area contributed by atoms with Crippen LogP contribution in [0.2, 0.25) is 0 Å². The molecule has 31 heavy (non-hydrogen) atoms. The minimum Gasteiger partial charge on any atom is -0.378 e. The van der Waals surface area contributed by atoms with E-state index in [0.717, 1.165) is 11.1 Å². The molecule has 7 nitrogen and oxygen atoms in total. The van der Waals surface area contributed by atoms with Crippen LogP contribution >= 0.6 is 0 Å². The zero-order valence-corrected chi connectivity index (χ0v) is 18.0. The van der Waals surface area contributed by atoms with Crippen molar-refractivity contribution in [2.75, 3.05) is 39.4 Å². The lowest BCUT2D eigenvalue weighted by molar-refractivity contribution is -0.141. The molecular formula is C24H29N3O4. The maximum absolute atomic E-state index is 13.1. The molecule has 3 heterocycles. The van der Waals surface area contributed by atoms with Gasteiger partial charge in [0.15, 0.2) is 0 Å². The summed E-state index contributed by atoms with van der Waals surface area (Å²) in [6, 6.07) is 11.3. The van der Waals surface area contributed by atoms with E-state index in [4.69, 9.17) is 4.74 Å². The molecule has 0 bridgehead atoms. The molecule has 2 aliphatic rings. The van der Waals surface area contributed by atoms with Crippen LogP contribution in [-0.4, -0.2) is 65.6 Å². The summed E-state index contributed by atoms with van der Waals surface area (Å²) in [5.74, 6) is -0.146. The second-order valence-corrected chi connectivity index (χ2v) is 8.35. The average Bonchev–Trinajstić information content (AvgIpc) is 2.80. The van der Waals surface area contributed by atoms with E-state index in [1.165, 1.54) is 0 Å². The van der Waals surface area contributed by atoms with E-state index in [1.807, 2.05) is 36.1 Å². The maximum atomic E-state index is 13.1. The molecule has 2 saturated heterocycles. The number of hydrogen-bond acceptors (Lipinski definition) is 4. The summed E-state index contributed by atoms with van der Waals surface area (Å²) < 4.78 is 6.90. The van der Waals surface area contributed by atoms with Crippen molar-refractivity contribution < 1.29 is 14.3 Å². The van der Waals surface area contributed by atoms with Crippen LogP contribution in [0.15, 0.2) is 47.4 Å². The number of ether oxygens (including phenoxy) is 1. The van der Waals surface area contributed by atoms with Gasteiger partial charge in [0.2, 0.25) is 5.91 Å². The number of pyridine rings is 1. The van der Waals surface area contributed by atoms with Crippen LogP contribution in [-0.2, 0) is 16.1 Å². The molecule has 2 aromatic rings. The lowest BCUT2D eigenvalue weighted by Gasteiger charge is -2.35. The highest BCUT2D eigenvalue weighted by Gasteiger charge is 2.31. The van der Waals surface area contributed by atoms with Crippen LogP contribution in [0.4, 0.5) is 0 Å². The summed E-state index contributed by atoms with van der Waals surface area (Å²) in [4.78, 5) is 42.3. The quantitative estimate of drug-likeness (QED) is 0.753. The van der Waals surface area contributed by atoms with Crippen molar-refractivity contribution in [1.29, 1.82) is 0 Å². The predicted molar refractivity (Wildman–Crippen MR) is 117 cm³/mol. The smallest absolute Gasteiger partial charge is 0.263 e. The first kappa shape index (κ1) is 21.3. The van der Waals surface area contributed by atoms with E-state index in [9.17, 15) is 14.4 Å². The predicted octanol–water partition coefficient (Wildman–Crippen LogP) is 1.92. The lowest BCUT2D eigenvalue weighted by atomic mass is 9.94. The largest absolute Gasteiger partial charge is 0.378 e. The van der Waals surface area contributed by atoms with Crippen LogP contribution in [0, 0.1) is 12.8 Å². The Kier molecular flexibility index (Phi) is 6.51. The molecule has 1 aromatic carbocycles. The van der Waals surface area contributed by atoms with Crippen molar-refractivity contribution in [3.8, 4) is 0 Å². The highest BCUT2D eigenvalue weighted by Crippen LogP contribution is 2.21. The standard InChI is InChI=1S/C24H29N3O4/c1-18-4-2-5-19(16-18)17-27-9-3-6-21(24(27)30)23(29)25-10-7-20(8-11-25)22(28)26-12-14-31-15-13-26/h2-6,9,16,20H,7-8,10-15,17H2,1H3. The Labute approximate surface area is 182 Å².